The van der Waals surface area contributed by atoms with Crippen LogP contribution in [0.15, 0.2) is 4.99 Å². The molecule has 1 aliphatic heterocycles. The number of carbonyl (C=O) groups excluding carboxylic acids is 5. The molecule has 0 unspecified atom stereocenters. The first-order valence-electron chi connectivity index (χ1n) is 14.0. The Bertz CT molecular complexity index is 989. The summed E-state index contributed by atoms with van der Waals surface area (Å²) < 4.78 is 0. The molecule has 0 aromatic rings. The molecule has 238 valence electrons. The molecule has 1 heterocycles. The Labute approximate surface area is 244 Å². The number of amides is 5. The first-order valence-corrected chi connectivity index (χ1v) is 14.0. The van der Waals surface area contributed by atoms with Crippen LogP contribution in [-0.4, -0.2) is 101 Å². The van der Waals surface area contributed by atoms with Crippen molar-refractivity contribution in [2.24, 2.45) is 33.7 Å². The number of carboxylic acid groups (broad SMARTS) is 1. The van der Waals surface area contributed by atoms with Crippen LogP contribution in [0.1, 0.15) is 64.7 Å². The maximum absolute atomic E-state index is 13.6. The summed E-state index contributed by atoms with van der Waals surface area (Å²) >= 11 is 0. The first kappa shape index (κ1) is 36.0. The normalized spacial score (nSPS) is 17.3. The Morgan fingerprint density at radius 2 is 1.57 bits per heavy atom. The largest absolute Gasteiger partial charge is 0.480 e. The Morgan fingerprint density at radius 3 is 2.17 bits per heavy atom. The number of primary amides is 1. The summed E-state index contributed by atoms with van der Waals surface area (Å²) in [5.41, 5.74) is 27.1. The predicted molar refractivity (Wildman–Crippen MR) is 153 cm³/mol. The van der Waals surface area contributed by atoms with Crippen LogP contribution in [-0.2, 0) is 28.8 Å². The number of likely N-dealkylation sites (tertiary alicyclic amines) is 1. The van der Waals surface area contributed by atoms with E-state index in [1.165, 1.54) is 11.8 Å². The van der Waals surface area contributed by atoms with Crippen LogP contribution in [0, 0.1) is 0 Å². The fourth-order valence-electron chi connectivity index (χ4n) is 4.39. The van der Waals surface area contributed by atoms with Crippen LogP contribution < -0.4 is 44.6 Å². The van der Waals surface area contributed by atoms with Crippen LogP contribution in [0.3, 0.4) is 0 Å². The number of aliphatic imine (C=N–C) groups is 1. The quantitative estimate of drug-likeness (QED) is 0.0396. The van der Waals surface area contributed by atoms with E-state index in [1.54, 1.807) is 0 Å². The zero-order valence-electron chi connectivity index (χ0n) is 24.0. The fourth-order valence-corrected chi connectivity index (χ4v) is 4.39. The number of unbranched alkanes of at least 4 members (excludes halogenated alkanes) is 1. The number of carbonyl (C=O) groups is 6. The first-order chi connectivity index (χ1) is 19.8. The van der Waals surface area contributed by atoms with Gasteiger partial charge in [0.1, 0.15) is 24.2 Å². The van der Waals surface area contributed by atoms with Crippen molar-refractivity contribution in [2.45, 2.75) is 94.9 Å². The lowest BCUT2D eigenvalue weighted by molar-refractivity contribution is -0.143. The van der Waals surface area contributed by atoms with Crippen molar-refractivity contribution in [1.29, 1.82) is 0 Å². The zero-order valence-corrected chi connectivity index (χ0v) is 24.0. The van der Waals surface area contributed by atoms with Crippen molar-refractivity contribution in [3.8, 4) is 0 Å². The van der Waals surface area contributed by atoms with Crippen molar-refractivity contribution in [1.82, 2.24) is 20.9 Å². The van der Waals surface area contributed by atoms with E-state index in [0.29, 0.717) is 38.6 Å². The summed E-state index contributed by atoms with van der Waals surface area (Å²) in [6.45, 7) is 2.23. The topological polar surface area (TPSA) is 304 Å². The van der Waals surface area contributed by atoms with E-state index in [9.17, 15) is 33.9 Å². The molecule has 17 heteroatoms. The molecule has 0 radical (unpaired) electrons. The minimum atomic E-state index is -1.20. The minimum absolute atomic E-state index is 0.0134. The summed E-state index contributed by atoms with van der Waals surface area (Å²) in [7, 11) is 0. The van der Waals surface area contributed by atoms with E-state index in [1.807, 2.05) is 0 Å². The number of carboxylic acids is 1. The Morgan fingerprint density at radius 1 is 0.929 bits per heavy atom. The van der Waals surface area contributed by atoms with Gasteiger partial charge in [0, 0.05) is 19.5 Å². The Kier molecular flexibility index (Phi) is 15.8. The van der Waals surface area contributed by atoms with E-state index in [-0.39, 0.29) is 44.7 Å². The molecule has 0 aliphatic carbocycles. The van der Waals surface area contributed by atoms with Gasteiger partial charge in [0.2, 0.25) is 29.5 Å². The third kappa shape index (κ3) is 12.7. The van der Waals surface area contributed by atoms with Gasteiger partial charge in [-0.2, -0.15) is 0 Å². The molecule has 0 spiro atoms. The van der Waals surface area contributed by atoms with E-state index in [2.05, 4.69) is 20.9 Å². The number of nitrogens with zero attached hydrogens (tertiary/aromatic N) is 2. The van der Waals surface area contributed by atoms with Crippen LogP contribution in [0.5, 0.6) is 0 Å². The van der Waals surface area contributed by atoms with Gasteiger partial charge in [-0.3, -0.25) is 29.0 Å². The van der Waals surface area contributed by atoms with Crippen molar-refractivity contribution >= 4 is 41.5 Å². The van der Waals surface area contributed by atoms with E-state index < -0.39 is 65.7 Å². The standard InChI is InChI=1S/C25H46N10O7/c1-14(20(37)34-17(24(41)42)6-2-3-11-26)32-22(39)18-8-5-13-35(18)23(40)16(7-4-12-31-25(29)30)33-21(38)15(27)9-10-19(28)36/h14-18H,2-13,26-27H2,1H3,(H2,28,36)(H,32,39)(H,33,38)(H,34,37)(H,41,42)(H4,29,30,31)/t14-,15-,16-,17-,18-/m0/s1. The molecule has 5 atom stereocenters. The number of rotatable bonds is 19. The summed E-state index contributed by atoms with van der Waals surface area (Å²) in [6, 6.07) is -5.29. The molecule has 0 aromatic carbocycles. The number of guanidine groups is 1. The van der Waals surface area contributed by atoms with E-state index in [0.717, 1.165) is 0 Å². The zero-order chi connectivity index (χ0) is 31.8. The van der Waals surface area contributed by atoms with E-state index >= 15 is 0 Å². The number of nitrogens with one attached hydrogen (secondary N) is 3. The minimum Gasteiger partial charge on any atom is -0.480 e. The van der Waals surface area contributed by atoms with Crippen molar-refractivity contribution in [2.75, 3.05) is 19.6 Å². The van der Waals surface area contributed by atoms with Crippen molar-refractivity contribution in [3.63, 3.8) is 0 Å². The van der Waals surface area contributed by atoms with Gasteiger partial charge >= 0.3 is 5.97 Å². The molecule has 1 rings (SSSR count). The highest BCUT2D eigenvalue weighted by molar-refractivity contribution is 5.95. The molecule has 5 amide bonds. The lowest BCUT2D eigenvalue weighted by atomic mass is 10.1. The average Bonchev–Trinajstić information content (AvgIpc) is 3.42. The van der Waals surface area contributed by atoms with Gasteiger partial charge in [-0.25, -0.2) is 4.79 Å². The van der Waals surface area contributed by atoms with Gasteiger partial charge in [-0.05, 0) is 64.8 Å². The average molecular weight is 599 g/mol. The monoisotopic (exact) mass is 598 g/mol. The Balaban J connectivity index is 2.92. The van der Waals surface area contributed by atoms with Gasteiger partial charge in [0.25, 0.3) is 0 Å². The third-order valence-corrected chi connectivity index (χ3v) is 6.75. The molecule has 1 aliphatic rings. The van der Waals surface area contributed by atoms with Gasteiger partial charge in [0.05, 0.1) is 6.04 Å². The summed E-state index contributed by atoms with van der Waals surface area (Å²) in [5, 5.41) is 17.0. The lowest BCUT2D eigenvalue weighted by Gasteiger charge is -2.30. The van der Waals surface area contributed by atoms with Gasteiger partial charge < -0.3 is 54.6 Å². The molecule has 0 bridgehead atoms. The van der Waals surface area contributed by atoms with Crippen LogP contribution >= 0.6 is 0 Å². The molecule has 14 N–H and O–H groups in total. The molecule has 17 nitrogen and oxygen atoms in total. The summed E-state index contributed by atoms with van der Waals surface area (Å²) in [6.07, 6.45) is 2.44. The summed E-state index contributed by atoms with van der Waals surface area (Å²) in [5.74, 6) is -4.43. The molecule has 1 saturated heterocycles. The molecular formula is C25H46N10O7. The van der Waals surface area contributed by atoms with Crippen LogP contribution in [0.25, 0.3) is 0 Å². The number of hydrogen-bond donors (Lipinski definition) is 9. The smallest absolute Gasteiger partial charge is 0.326 e. The highest BCUT2D eigenvalue weighted by Crippen LogP contribution is 2.20. The molecule has 0 aromatic heterocycles. The second-order valence-corrected chi connectivity index (χ2v) is 10.2. The Hall–Kier alpha value is -3.99. The number of aliphatic carboxylic acids is 1. The number of nitrogens with two attached hydrogens (primary N) is 5. The van der Waals surface area contributed by atoms with Crippen LogP contribution in [0.4, 0.5) is 0 Å². The summed E-state index contributed by atoms with van der Waals surface area (Å²) in [4.78, 5) is 79.8. The van der Waals surface area contributed by atoms with Gasteiger partial charge in [0.15, 0.2) is 5.96 Å². The molecular weight excluding hydrogens is 552 g/mol. The van der Waals surface area contributed by atoms with E-state index in [4.69, 9.17) is 28.7 Å². The highest BCUT2D eigenvalue weighted by Gasteiger charge is 2.38. The molecule has 1 fully saturated rings. The SMILES string of the molecule is C[C@H](NC(=O)[C@@H]1CCCN1C(=O)[C@H](CCCN=C(N)N)NC(=O)[C@@H](N)CCC(N)=O)C(=O)N[C@@H](CCCCN)C(=O)O. The fraction of sp³-hybridized carbons (Fsp3) is 0.720. The number of hydrogen-bond acceptors (Lipinski definition) is 9. The molecule has 0 saturated carbocycles. The second kappa shape index (κ2) is 18.4. The highest BCUT2D eigenvalue weighted by atomic mass is 16.4. The predicted octanol–water partition coefficient (Wildman–Crippen LogP) is -3.69. The van der Waals surface area contributed by atoms with Crippen molar-refractivity contribution in [3.05, 3.63) is 0 Å². The van der Waals surface area contributed by atoms with Gasteiger partial charge in [-0.1, -0.05) is 0 Å². The molecule has 42 heavy (non-hydrogen) atoms. The van der Waals surface area contributed by atoms with Crippen LogP contribution in [0.2, 0.25) is 0 Å². The maximum atomic E-state index is 13.6. The second-order valence-electron chi connectivity index (χ2n) is 10.2. The third-order valence-electron chi connectivity index (χ3n) is 6.75. The maximum Gasteiger partial charge on any atom is 0.326 e. The lowest BCUT2D eigenvalue weighted by Crippen LogP contribution is -2.57. The van der Waals surface area contributed by atoms with Gasteiger partial charge in [-0.15, -0.1) is 0 Å². The van der Waals surface area contributed by atoms with Crippen molar-refractivity contribution < 1.29 is 33.9 Å².